The number of hydrogen-bond donors (Lipinski definition) is 1. The van der Waals surface area contributed by atoms with Gasteiger partial charge in [0.15, 0.2) is 0 Å². The highest BCUT2D eigenvalue weighted by Gasteiger charge is 2.16. The SMILES string of the molecule is O=C(CCCCl)NCC(=O)N1CCOCC1. The fraction of sp³-hybridized carbons (Fsp3) is 0.800. The molecule has 1 aliphatic rings. The predicted octanol–water partition coefficient (Wildman–Crippen LogP) is -0.0196. The Labute approximate surface area is 100 Å². The average molecular weight is 249 g/mol. The molecule has 1 rings (SSSR count). The maximum atomic E-state index is 11.6. The highest BCUT2D eigenvalue weighted by Crippen LogP contribution is 1.97. The van der Waals surface area contributed by atoms with Crippen LogP contribution in [0.4, 0.5) is 0 Å². The second kappa shape index (κ2) is 7.46. The van der Waals surface area contributed by atoms with E-state index in [1.807, 2.05) is 0 Å². The molecular formula is C10H17ClN2O3. The number of nitrogens with one attached hydrogen (secondary N) is 1. The van der Waals surface area contributed by atoms with E-state index in [1.165, 1.54) is 0 Å². The molecule has 0 spiro atoms. The monoisotopic (exact) mass is 248 g/mol. The first kappa shape index (κ1) is 13.3. The van der Waals surface area contributed by atoms with E-state index in [2.05, 4.69) is 5.32 Å². The molecule has 6 heteroatoms. The van der Waals surface area contributed by atoms with Gasteiger partial charge >= 0.3 is 0 Å². The van der Waals surface area contributed by atoms with Crippen LogP contribution in [-0.2, 0) is 14.3 Å². The number of carbonyl (C=O) groups excluding carboxylic acids is 2. The molecule has 1 aliphatic heterocycles. The summed E-state index contributed by atoms with van der Waals surface area (Å²) >= 11 is 5.46. The zero-order valence-corrected chi connectivity index (χ0v) is 9.96. The number of morpholine rings is 1. The molecule has 0 radical (unpaired) electrons. The lowest BCUT2D eigenvalue weighted by Crippen LogP contribution is -2.45. The molecular weight excluding hydrogens is 232 g/mol. The van der Waals surface area contributed by atoms with E-state index in [9.17, 15) is 9.59 Å². The summed E-state index contributed by atoms with van der Waals surface area (Å²) in [7, 11) is 0. The van der Waals surface area contributed by atoms with Crippen LogP contribution >= 0.6 is 11.6 Å². The summed E-state index contributed by atoms with van der Waals surface area (Å²) in [6, 6.07) is 0. The Bertz CT molecular complexity index is 242. The van der Waals surface area contributed by atoms with Crippen molar-refractivity contribution in [3.05, 3.63) is 0 Å². The lowest BCUT2D eigenvalue weighted by atomic mass is 10.3. The first-order chi connectivity index (χ1) is 7.74. The normalized spacial score (nSPS) is 15.9. The van der Waals surface area contributed by atoms with Crippen molar-refractivity contribution in [3.8, 4) is 0 Å². The van der Waals surface area contributed by atoms with Crippen LogP contribution in [0, 0.1) is 0 Å². The summed E-state index contributed by atoms with van der Waals surface area (Å²) in [6.07, 6.45) is 1.01. The smallest absolute Gasteiger partial charge is 0.242 e. The summed E-state index contributed by atoms with van der Waals surface area (Å²) in [5.41, 5.74) is 0. The van der Waals surface area contributed by atoms with Crippen LogP contribution < -0.4 is 5.32 Å². The highest BCUT2D eigenvalue weighted by atomic mass is 35.5. The van der Waals surface area contributed by atoms with Gasteiger partial charge < -0.3 is 15.0 Å². The van der Waals surface area contributed by atoms with Crippen LogP contribution in [0.25, 0.3) is 0 Å². The Hall–Kier alpha value is -0.810. The number of nitrogens with zero attached hydrogens (tertiary/aromatic N) is 1. The Morgan fingerprint density at radius 3 is 2.62 bits per heavy atom. The number of rotatable bonds is 5. The lowest BCUT2D eigenvalue weighted by Gasteiger charge is -2.26. The third-order valence-electron chi connectivity index (χ3n) is 2.34. The van der Waals surface area contributed by atoms with E-state index in [0.29, 0.717) is 45.0 Å². The minimum atomic E-state index is -0.123. The standard InChI is InChI=1S/C10H17ClN2O3/c11-3-1-2-9(14)12-8-10(15)13-4-6-16-7-5-13/h1-8H2,(H,12,14). The quantitative estimate of drug-likeness (QED) is 0.696. The van der Waals surface area contributed by atoms with Gasteiger partial charge in [-0.05, 0) is 6.42 Å². The van der Waals surface area contributed by atoms with E-state index < -0.39 is 0 Å². The first-order valence-electron chi connectivity index (χ1n) is 5.42. The summed E-state index contributed by atoms with van der Waals surface area (Å²) in [6.45, 7) is 2.44. The van der Waals surface area contributed by atoms with Crippen molar-refractivity contribution >= 4 is 23.4 Å². The second-order valence-electron chi connectivity index (χ2n) is 3.56. The maximum absolute atomic E-state index is 11.6. The van der Waals surface area contributed by atoms with Gasteiger partial charge in [0.05, 0.1) is 19.8 Å². The number of alkyl halides is 1. The predicted molar refractivity (Wildman–Crippen MR) is 60.4 cm³/mol. The van der Waals surface area contributed by atoms with E-state index >= 15 is 0 Å². The molecule has 16 heavy (non-hydrogen) atoms. The van der Waals surface area contributed by atoms with Crippen molar-refractivity contribution in [2.45, 2.75) is 12.8 Å². The minimum Gasteiger partial charge on any atom is -0.378 e. The van der Waals surface area contributed by atoms with Gasteiger partial charge in [0.2, 0.25) is 11.8 Å². The van der Waals surface area contributed by atoms with Crippen molar-refractivity contribution < 1.29 is 14.3 Å². The topological polar surface area (TPSA) is 58.6 Å². The molecule has 2 amide bonds. The van der Waals surface area contributed by atoms with Gasteiger partial charge in [0, 0.05) is 25.4 Å². The molecule has 0 atom stereocenters. The molecule has 0 bridgehead atoms. The average Bonchev–Trinajstić information content (AvgIpc) is 2.34. The summed E-state index contributed by atoms with van der Waals surface area (Å²) in [5.74, 6) is 0.287. The molecule has 1 fully saturated rings. The van der Waals surface area contributed by atoms with Crippen LogP contribution in [-0.4, -0.2) is 55.4 Å². The number of ether oxygens (including phenoxy) is 1. The number of hydrogen-bond acceptors (Lipinski definition) is 3. The van der Waals surface area contributed by atoms with E-state index in [4.69, 9.17) is 16.3 Å². The van der Waals surface area contributed by atoms with Crippen LogP contribution in [0.1, 0.15) is 12.8 Å². The molecule has 0 aromatic heterocycles. The lowest BCUT2D eigenvalue weighted by molar-refractivity contribution is -0.136. The van der Waals surface area contributed by atoms with Crippen molar-refractivity contribution in [2.24, 2.45) is 0 Å². The van der Waals surface area contributed by atoms with Crippen LogP contribution in [0.15, 0.2) is 0 Å². The van der Waals surface area contributed by atoms with Gasteiger partial charge in [0.1, 0.15) is 0 Å². The first-order valence-corrected chi connectivity index (χ1v) is 5.95. The molecule has 1 N–H and O–H groups in total. The van der Waals surface area contributed by atoms with Crippen molar-refractivity contribution in [1.82, 2.24) is 10.2 Å². The minimum absolute atomic E-state index is 0.0532. The molecule has 0 aromatic rings. The summed E-state index contributed by atoms with van der Waals surface area (Å²) in [5, 5.41) is 2.58. The van der Waals surface area contributed by atoms with E-state index in [1.54, 1.807) is 4.90 Å². The maximum Gasteiger partial charge on any atom is 0.242 e. The Morgan fingerprint density at radius 2 is 2.00 bits per heavy atom. The van der Waals surface area contributed by atoms with Gasteiger partial charge in [-0.1, -0.05) is 0 Å². The Kier molecular flexibility index (Phi) is 6.18. The third-order valence-corrected chi connectivity index (χ3v) is 2.61. The number of carbonyl (C=O) groups is 2. The zero-order valence-electron chi connectivity index (χ0n) is 9.21. The Balaban J connectivity index is 2.15. The Morgan fingerprint density at radius 1 is 1.31 bits per heavy atom. The van der Waals surface area contributed by atoms with Gasteiger partial charge in [0.25, 0.3) is 0 Å². The molecule has 5 nitrogen and oxygen atoms in total. The van der Waals surface area contributed by atoms with Gasteiger partial charge in [-0.25, -0.2) is 0 Å². The van der Waals surface area contributed by atoms with Crippen molar-refractivity contribution in [3.63, 3.8) is 0 Å². The molecule has 0 aromatic carbocycles. The zero-order chi connectivity index (χ0) is 11.8. The van der Waals surface area contributed by atoms with Crippen LogP contribution in [0.2, 0.25) is 0 Å². The van der Waals surface area contributed by atoms with Gasteiger partial charge in [-0.2, -0.15) is 0 Å². The molecule has 0 saturated carbocycles. The molecule has 1 saturated heterocycles. The van der Waals surface area contributed by atoms with E-state index in [-0.39, 0.29) is 18.4 Å². The van der Waals surface area contributed by atoms with Crippen LogP contribution in [0.5, 0.6) is 0 Å². The third kappa shape index (κ3) is 4.81. The highest BCUT2D eigenvalue weighted by molar-refractivity contribution is 6.17. The fourth-order valence-electron chi connectivity index (χ4n) is 1.41. The van der Waals surface area contributed by atoms with Crippen LogP contribution in [0.3, 0.4) is 0 Å². The van der Waals surface area contributed by atoms with Crippen molar-refractivity contribution in [2.75, 3.05) is 38.7 Å². The van der Waals surface area contributed by atoms with Crippen molar-refractivity contribution in [1.29, 1.82) is 0 Å². The van der Waals surface area contributed by atoms with E-state index in [0.717, 1.165) is 0 Å². The largest absolute Gasteiger partial charge is 0.378 e. The molecule has 92 valence electrons. The van der Waals surface area contributed by atoms with Gasteiger partial charge in [-0.15, -0.1) is 11.6 Å². The number of halogens is 1. The summed E-state index contributed by atoms with van der Waals surface area (Å²) in [4.78, 5) is 24.5. The fourth-order valence-corrected chi connectivity index (χ4v) is 1.55. The number of amides is 2. The second-order valence-corrected chi connectivity index (χ2v) is 3.94. The molecule has 0 aliphatic carbocycles. The molecule has 0 unspecified atom stereocenters. The summed E-state index contributed by atoms with van der Waals surface area (Å²) < 4.78 is 5.13. The molecule has 1 heterocycles. The van der Waals surface area contributed by atoms with Gasteiger partial charge in [-0.3, -0.25) is 9.59 Å².